The zero-order valence-corrected chi connectivity index (χ0v) is 15.6. The van der Waals surface area contributed by atoms with Gasteiger partial charge in [-0.15, -0.1) is 0 Å². The molecule has 0 atom stereocenters. The molecule has 3 rings (SSSR count). The van der Waals surface area contributed by atoms with E-state index >= 15 is 0 Å². The number of methoxy groups -OCH3 is 1. The Hall–Kier alpha value is -3.07. The molecular weight excluding hydrogens is 350 g/mol. The maximum Gasteiger partial charge on any atom is 0.332 e. The van der Waals surface area contributed by atoms with Gasteiger partial charge in [-0.1, -0.05) is 12.1 Å². The molecule has 27 heavy (non-hydrogen) atoms. The van der Waals surface area contributed by atoms with E-state index < -0.39 is 11.2 Å². The largest absolute Gasteiger partial charge is 0.496 e. The molecule has 0 fully saturated rings. The minimum Gasteiger partial charge on any atom is -0.496 e. The molecule has 0 aliphatic heterocycles. The minimum absolute atomic E-state index is 0.0354. The van der Waals surface area contributed by atoms with Gasteiger partial charge in [0.2, 0.25) is 5.95 Å². The van der Waals surface area contributed by atoms with E-state index in [1.807, 2.05) is 25.1 Å². The number of anilines is 1. The average Bonchev–Trinajstić information content (AvgIpc) is 2.96. The lowest BCUT2D eigenvalue weighted by Crippen LogP contribution is -2.40. The quantitative estimate of drug-likeness (QED) is 0.643. The number of nitrogens with zero attached hydrogens (tertiary/aromatic N) is 4. The van der Waals surface area contributed by atoms with Crippen molar-refractivity contribution in [2.75, 3.05) is 19.5 Å². The maximum absolute atomic E-state index is 12.9. The monoisotopic (exact) mass is 373 g/mol. The van der Waals surface area contributed by atoms with Crippen LogP contribution in [0.3, 0.4) is 0 Å². The van der Waals surface area contributed by atoms with Crippen LogP contribution < -0.4 is 21.7 Å². The number of hydrogen-bond acceptors (Lipinski definition) is 6. The van der Waals surface area contributed by atoms with Gasteiger partial charge in [0.25, 0.3) is 5.56 Å². The second-order valence-electron chi connectivity index (χ2n) is 6.24. The van der Waals surface area contributed by atoms with Crippen LogP contribution in [0.5, 0.6) is 5.75 Å². The molecule has 0 amide bonds. The molecule has 0 spiro atoms. The van der Waals surface area contributed by atoms with Crippen molar-refractivity contribution < 1.29 is 9.84 Å². The molecular formula is C18H23N5O4. The molecule has 9 heteroatoms. The van der Waals surface area contributed by atoms with E-state index in [4.69, 9.17) is 10.5 Å². The Labute approximate surface area is 155 Å². The number of nitrogens with two attached hydrogens (primary N) is 1. The third-order valence-corrected chi connectivity index (χ3v) is 4.58. The van der Waals surface area contributed by atoms with E-state index in [9.17, 15) is 14.7 Å². The highest BCUT2D eigenvalue weighted by Crippen LogP contribution is 2.21. The number of aromatic nitrogens is 4. The molecule has 0 saturated carbocycles. The fraction of sp³-hybridized carbons (Fsp3) is 0.389. The smallest absolute Gasteiger partial charge is 0.332 e. The van der Waals surface area contributed by atoms with Gasteiger partial charge in [0, 0.05) is 6.54 Å². The first kappa shape index (κ1) is 18.7. The highest BCUT2D eigenvalue weighted by Gasteiger charge is 2.20. The molecule has 1 aromatic carbocycles. The van der Waals surface area contributed by atoms with Gasteiger partial charge in [-0.25, -0.2) is 4.79 Å². The summed E-state index contributed by atoms with van der Waals surface area (Å²) < 4.78 is 9.28. The number of nitrogen functional groups attached to an aromatic ring is 1. The van der Waals surface area contributed by atoms with Gasteiger partial charge < -0.3 is 20.1 Å². The predicted octanol–water partition coefficient (Wildman–Crippen LogP) is 0.319. The molecule has 0 aliphatic rings. The number of ether oxygens (including phenoxy) is 1. The van der Waals surface area contributed by atoms with Crippen LogP contribution in [-0.2, 0) is 19.6 Å². The third kappa shape index (κ3) is 3.10. The van der Waals surface area contributed by atoms with Crippen molar-refractivity contribution in [3.8, 4) is 5.75 Å². The van der Waals surface area contributed by atoms with Crippen LogP contribution in [0.2, 0.25) is 0 Å². The van der Waals surface area contributed by atoms with Gasteiger partial charge in [0.1, 0.15) is 5.75 Å². The predicted molar refractivity (Wildman–Crippen MR) is 102 cm³/mol. The fourth-order valence-electron chi connectivity index (χ4n) is 3.27. The van der Waals surface area contributed by atoms with Crippen LogP contribution in [0.25, 0.3) is 11.2 Å². The summed E-state index contributed by atoms with van der Waals surface area (Å²) in [5, 5.41) is 9.30. The summed E-state index contributed by atoms with van der Waals surface area (Å²) in [6.45, 7) is 3.97. The summed E-state index contributed by atoms with van der Waals surface area (Å²) in [4.78, 5) is 29.6. The van der Waals surface area contributed by atoms with Crippen molar-refractivity contribution in [3.05, 3.63) is 50.2 Å². The van der Waals surface area contributed by atoms with Crippen LogP contribution >= 0.6 is 0 Å². The standard InChI is InChI=1S/C18H23N5O4/c1-4-21-16(25)14-15(22(7-8-24)18(21)26)20-17(19)23(14)10-12-5-6-13(27-3)11(2)9-12/h5-6,9,24H,4,7-8,10H2,1-3H3,(H2,19,20). The summed E-state index contributed by atoms with van der Waals surface area (Å²) >= 11 is 0. The molecule has 144 valence electrons. The molecule has 2 aromatic heterocycles. The number of aliphatic hydroxyl groups is 1. The average molecular weight is 373 g/mol. The van der Waals surface area contributed by atoms with Gasteiger partial charge in [-0.3, -0.25) is 13.9 Å². The Morgan fingerprint density at radius 2 is 1.96 bits per heavy atom. The summed E-state index contributed by atoms with van der Waals surface area (Å²) in [5.41, 5.74) is 7.43. The topological polar surface area (TPSA) is 117 Å². The van der Waals surface area contributed by atoms with Crippen molar-refractivity contribution in [1.29, 1.82) is 0 Å². The Morgan fingerprint density at radius 3 is 2.56 bits per heavy atom. The first-order valence-electron chi connectivity index (χ1n) is 8.66. The Morgan fingerprint density at radius 1 is 1.22 bits per heavy atom. The van der Waals surface area contributed by atoms with Crippen LogP contribution in [0.4, 0.5) is 5.95 Å². The number of imidazole rings is 1. The molecule has 0 radical (unpaired) electrons. The number of rotatable bonds is 6. The van der Waals surface area contributed by atoms with E-state index in [2.05, 4.69) is 4.98 Å². The lowest BCUT2D eigenvalue weighted by atomic mass is 10.1. The highest BCUT2D eigenvalue weighted by atomic mass is 16.5. The SMILES string of the molecule is CCn1c(=O)c2c(nc(N)n2Cc2ccc(OC)c(C)c2)n(CCO)c1=O. The van der Waals surface area contributed by atoms with Gasteiger partial charge in [-0.2, -0.15) is 4.98 Å². The van der Waals surface area contributed by atoms with Crippen molar-refractivity contribution in [2.24, 2.45) is 0 Å². The second-order valence-corrected chi connectivity index (χ2v) is 6.24. The van der Waals surface area contributed by atoms with Crippen LogP contribution in [-0.4, -0.2) is 37.5 Å². The van der Waals surface area contributed by atoms with E-state index in [-0.39, 0.29) is 36.8 Å². The van der Waals surface area contributed by atoms with Crippen LogP contribution in [0.1, 0.15) is 18.1 Å². The van der Waals surface area contributed by atoms with Crippen molar-refractivity contribution >= 4 is 17.1 Å². The van der Waals surface area contributed by atoms with E-state index in [1.54, 1.807) is 18.6 Å². The molecule has 9 nitrogen and oxygen atoms in total. The van der Waals surface area contributed by atoms with Gasteiger partial charge >= 0.3 is 5.69 Å². The van der Waals surface area contributed by atoms with Crippen molar-refractivity contribution in [2.45, 2.75) is 33.5 Å². The molecule has 2 heterocycles. The second kappa shape index (κ2) is 7.28. The summed E-state index contributed by atoms with van der Waals surface area (Å²) in [6.07, 6.45) is 0. The number of hydrogen-bond donors (Lipinski definition) is 2. The van der Waals surface area contributed by atoms with E-state index in [0.29, 0.717) is 6.54 Å². The summed E-state index contributed by atoms with van der Waals surface area (Å²) in [7, 11) is 1.61. The van der Waals surface area contributed by atoms with Gasteiger partial charge in [-0.05, 0) is 31.0 Å². The highest BCUT2D eigenvalue weighted by molar-refractivity contribution is 5.74. The van der Waals surface area contributed by atoms with Crippen LogP contribution in [0.15, 0.2) is 27.8 Å². The maximum atomic E-state index is 12.9. The Bertz CT molecular complexity index is 1110. The summed E-state index contributed by atoms with van der Waals surface area (Å²) in [6, 6.07) is 5.69. The third-order valence-electron chi connectivity index (χ3n) is 4.58. The first-order valence-corrected chi connectivity index (χ1v) is 8.66. The lowest BCUT2D eigenvalue weighted by molar-refractivity contribution is 0.274. The number of benzene rings is 1. The lowest BCUT2D eigenvalue weighted by Gasteiger charge is -2.12. The normalized spacial score (nSPS) is 11.3. The zero-order chi connectivity index (χ0) is 19.7. The molecule has 0 unspecified atom stereocenters. The van der Waals surface area contributed by atoms with Crippen LogP contribution in [0, 0.1) is 6.92 Å². The van der Waals surface area contributed by atoms with E-state index in [1.165, 1.54) is 4.57 Å². The molecule has 3 aromatic rings. The van der Waals surface area contributed by atoms with E-state index in [0.717, 1.165) is 21.4 Å². The fourth-order valence-corrected chi connectivity index (χ4v) is 3.27. The molecule has 0 saturated heterocycles. The molecule has 0 bridgehead atoms. The number of aliphatic hydroxyl groups excluding tert-OH is 1. The van der Waals surface area contributed by atoms with Crippen molar-refractivity contribution in [3.63, 3.8) is 0 Å². The number of aryl methyl sites for hydroxylation is 1. The Kier molecular flexibility index (Phi) is 5.04. The van der Waals surface area contributed by atoms with Crippen molar-refractivity contribution in [1.82, 2.24) is 18.7 Å². The number of fused-ring (bicyclic) bond motifs is 1. The minimum atomic E-state index is -0.506. The summed E-state index contributed by atoms with van der Waals surface area (Å²) in [5.74, 6) is 0.905. The Balaban J connectivity index is 2.23. The molecule has 3 N–H and O–H groups in total. The van der Waals surface area contributed by atoms with Gasteiger partial charge in [0.05, 0.1) is 26.8 Å². The first-order chi connectivity index (χ1) is 12.9. The van der Waals surface area contributed by atoms with Gasteiger partial charge in [0.15, 0.2) is 11.2 Å². The molecule has 0 aliphatic carbocycles. The zero-order valence-electron chi connectivity index (χ0n) is 15.6.